The van der Waals surface area contributed by atoms with E-state index in [1.807, 2.05) is 12.1 Å². The maximum absolute atomic E-state index is 12.5. The minimum Gasteiger partial charge on any atom is -0.497 e. The van der Waals surface area contributed by atoms with Crippen molar-refractivity contribution in [1.29, 1.82) is 0 Å². The number of benzene rings is 2. The smallest absolute Gasteiger partial charge is 0.257 e. The number of fused-ring (bicyclic) bond motifs is 1. The van der Waals surface area contributed by atoms with Gasteiger partial charge in [-0.25, -0.2) is 4.98 Å². The molecule has 0 radical (unpaired) electrons. The summed E-state index contributed by atoms with van der Waals surface area (Å²) in [4.78, 5) is 17.1. The third-order valence-corrected chi connectivity index (χ3v) is 4.65. The Balaban J connectivity index is 1.90. The molecule has 0 unspecified atom stereocenters. The number of ether oxygens (including phenoxy) is 2. The van der Waals surface area contributed by atoms with E-state index in [1.54, 1.807) is 32.4 Å². The van der Waals surface area contributed by atoms with Crippen LogP contribution in [0.25, 0.3) is 10.2 Å². The Hall–Kier alpha value is -2.60. The highest BCUT2D eigenvalue weighted by Crippen LogP contribution is 2.29. The minimum absolute atomic E-state index is 0.246. The van der Waals surface area contributed by atoms with Gasteiger partial charge in [0, 0.05) is 11.6 Å². The standard InChI is InChI=1S/C18H18N2O3S/c1-4-11-6-5-7-15-16(11)19-18(24-15)20-17(21)12-8-13(22-2)10-14(9-12)23-3/h5-10H,4H2,1-3H3,(H,19,20,21). The van der Waals surface area contributed by atoms with Crippen LogP contribution in [0.3, 0.4) is 0 Å². The number of nitrogens with one attached hydrogen (secondary N) is 1. The minimum atomic E-state index is -0.246. The SMILES string of the molecule is CCc1cccc2sc(NC(=O)c3cc(OC)cc(OC)c3)nc12. The second-order valence-electron chi connectivity index (χ2n) is 5.19. The maximum atomic E-state index is 12.5. The van der Waals surface area contributed by atoms with Crippen LogP contribution in [0.4, 0.5) is 5.13 Å². The van der Waals surface area contributed by atoms with Gasteiger partial charge < -0.3 is 9.47 Å². The Labute approximate surface area is 144 Å². The molecule has 0 aliphatic rings. The molecule has 1 amide bonds. The van der Waals surface area contributed by atoms with Crippen LogP contribution in [0, 0.1) is 0 Å². The van der Waals surface area contributed by atoms with Gasteiger partial charge in [0.25, 0.3) is 5.91 Å². The van der Waals surface area contributed by atoms with Gasteiger partial charge in [0.2, 0.25) is 0 Å². The van der Waals surface area contributed by atoms with Gasteiger partial charge in [0.15, 0.2) is 5.13 Å². The summed E-state index contributed by atoms with van der Waals surface area (Å²) >= 11 is 1.46. The Bertz CT molecular complexity index is 867. The third kappa shape index (κ3) is 3.19. The van der Waals surface area contributed by atoms with Gasteiger partial charge in [-0.2, -0.15) is 0 Å². The maximum Gasteiger partial charge on any atom is 0.257 e. The first-order valence-electron chi connectivity index (χ1n) is 7.57. The summed E-state index contributed by atoms with van der Waals surface area (Å²) in [6.07, 6.45) is 0.904. The molecule has 1 aromatic heterocycles. The summed E-state index contributed by atoms with van der Waals surface area (Å²) < 4.78 is 11.5. The summed E-state index contributed by atoms with van der Waals surface area (Å²) in [5, 5.41) is 3.44. The van der Waals surface area contributed by atoms with Crippen LogP contribution in [-0.4, -0.2) is 25.1 Å². The average Bonchev–Trinajstić information content (AvgIpc) is 3.03. The molecule has 3 aromatic rings. The highest BCUT2D eigenvalue weighted by Gasteiger charge is 2.13. The molecule has 0 saturated carbocycles. The van der Waals surface area contributed by atoms with Crippen LogP contribution in [0.2, 0.25) is 0 Å². The first kappa shape index (κ1) is 16.3. The molecular weight excluding hydrogens is 324 g/mol. The van der Waals surface area contributed by atoms with Crippen molar-refractivity contribution in [2.24, 2.45) is 0 Å². The Morgan fingerprint density at radius 2 is 1.88 bits per heavy atom. The fourth-order valence-electron chi connectivity index (χ4n) is 2.45. The van der Waals surface area contributed by atoms with Crippen molar-refractivity contribution in [1.82, 2.24) is 4.98 Å². The number of nitrogens with zero attached hydrogens (tertiary/aromatic N) is 1. The summed E-state index contributed by atoms with van der Waals surface area (Å²) in [7, 11) is 3.10. The number of hydrogen-bond donors (Lipinski definition) is 1. The molecule has 6 heteroatoms. The lowest BCUT2D eigenvalue weighted by Crippen LogP contribution is -2.12. The number of anilines is 1. The van der Waals surface area contributed by atoms with Gasteiger partial charge in [0.05, 0.1) is 24.4 Å². The van der Waals surface area contributed by atoms with Crippen LogP contribution in [0.15, 0.2) is 36.4 Å². The second-order valence-corrected chi connectivity index (χ2v) is 6.22. The van der Waals surface area contributed by atoms with E-state index in [0.29, 0.717) is 22.2 Å². The molecule has 0 spiro atoms. The zero-order chi connectivity index (χ0) is 17.1. The summed E-state index contributed by atoms with van der Waals surface area (Å²) in [5.41, 5.74) is 2.58. The molecule has 1 heterocycles. The van der Waals surface area contributed by atoms with Crippen LogP contribution in [-0.2, 0) is 6.42 Å². The fourth-order valence-corrected chi connectivity index (χ4v) is 3.36. The summed E-state index contributed by atoms with van der Waals surface area (Å²) in [5.74, 6) is 0.887. The molecule has 0 saturated heterocycles. The number of para-hydroxylation sites is 1. The van der Waals surface area contributed by atoms with Crippen LogP contribution >= 0.6 is 11.3 Å². The molecule has 24 heavy (non-hydrogen) atoms. The van der Waals surface area contributed by atoms with Crippen molar-refractivity contribution in [2.45, 2.75) is 13.3 Å². The van der Waals surface area contributed by atoms with E-state index in [2.05, 4.69) is 23.3 Å². The highest BCUT2D eigenvalue weighted by atomic mass is 32.1. The Morgan fingerprint density at radius 1 is 1.17 bits per heavy atom. The van der Waals surface area contributed by atoms with Gasteiger partial charge in [0.1, 0.15) is 11.5 Å². The van der Waals surface area contributed by atoms with Crippen molar-refractivity contribution in [3.05, 3.63) is 47.5 Å². The number of carbonyl (C=O) groups excluding carboxylic acids is 1. The topological polar surface area (TPSA) is 60.5 Å². The van der Waals surface area contributed by atoms with E-state index in [4.69, 9.17) is 9.47 Å². The highest BCUT2D eigenvalue weighted by molar-refractivity contribution is 7.22. The molecule has 0 atom stereocenters. The lowest BCUT2D eigenvalue weighted by atomic mass is 10.1. The molecule has 5 nitrogen and oxygen atoms in total. The van der Waals surface area contributed by atoms with Crippen LogP contribution in [0.5, 0.6) is 11.5 Å². The Morgan fingerprint density at radius 3 is 2.50 bits per heavy atom. The number of carbonyl (C=O) groups is 1. The third-order valence-electron chi connectivity index (χ3n) is 3.72. The first-order chi connectivity index (χ1) is 11.6. The first-order valence-corrected chi connectivity index (χ1v) is 8.39. The van der Waals surface area contributed by atoms with Crippen molar-refractivity contribution in [3.8, 4) is 11.5 Å². The van der Waals surface area contributed by atoms with E-state index in [9.17, 15) is 4.79 Å². The lowest BCUT2D eigenvalue weighted by Gasteiger charge is -2.08. The number of amides is 1. The van der Waals surface area contributed by atoms with Crippen molar-refractivity contribution in [3.63, 3.8) is 0 Å². The van der Waals surface area contributed by atoms with E-state index >= 15 is 0 Å². The molecule has 124 valence electrons. The van der Waals surface area contributed by atoms with Gasteiger partial charge in [-0.15, -0.1) is 0 Å². The van der Waals surface area contributed by atoms with Gasteiger partial charge in [-0.1, -0.05) is 30.4 Å². The summed E-state index contributed by atoms with van der Waals surface area (Å²) in [6.45, 7) is 2.09. The van der Waals surface area contributed by atoms with Gasteiger partial charge >= 0.3 is 0 Å². The van der Waals surface area contributed by atoms with Crippen molar-refractivity contribution >= 4 is 32.6 Å². The van der Waals surface area contributed by atoms with E-state index in [0.717, 1.165) is 16.6 Å². The molecule has 2 aromatic carbocycles. The zero-order valence-corrected chi connectivity index (χ0v) is 14.6. The predicted octanol–water partition coefficient (Wildman–Crippen LogP) is 4.13. The molecule has 3 rings (SSSR count). The lowest BCUT2D eigenvalue weighted by molar-refractivity contribution is 0.102. The molecule has 1 N–H and O–H groups in total. The number of hydrogen-bond acceptors (Lipinski definition) is 5. The van der Waals surface area contributed by atoms with E-state index < -0.39 is 0 Å². The van der Waals surface area contributed by atoms with E-state index in [-0.39, 0.29) is 5.91 Å². The average molecular weight is 342 g/mol. The quantitative estimate of drug-likeness (QED) is 0.757. The summed E-state index contributed by atoms with van der Waals surface area (Å²) in [6, 6.07) is 11.1. The van der Waals surface area contributed by atoms with Crippen LogP contribution < -0.4 is 14.8 Å². The van der Waals surface area contributed by atoms with Crippen LogP contribution in [0.1, 0.15) is 22.8 Å². The van der Waals surface area contributed by atoms with E-state index in [1.165, 1.54) is 16.9 Å². The van der Waals surface area contributed by atoms with Crippen molar-refractivity contribution < 1.29 is 14.3 Å². The number of aromatic nitrogens is 1. The second kappa shape index (κ2) is 6.88. The zero-order valence-electron chi connectivity index (χ0n) is 13.8. The van der Waals surface area contributed by atoms with Crippen molar-refractivity contribution in [2.75, 3.05) is 19.5 Å². The van der Waals surface area contributed by atoms with Gasteiger partial charge in [-0.3, -0.25) is 10.1 Å². The van der Waals surface area contributed by atoms with Gasteiger partial charge in [-0.05, 0) is 30.2 Å². The normalized spacial score (nSPS) is 10.6. The fraction of sp³-hybridized carbons (Fsp3) is 0.222. The predicted molar refractivity (Wildman–Crippen MR) is 96.5 cm³/mol. The monoisotopic (exact) mass is 342 g/mol. The number of methoxy groups -OCH3 is 2. The number of rotatable bonds is 5. The Kier molecular flexibility index (Phi) is 4.66. The molecule has 0 aliphatic heterocycles. The number of aryl methyl sites for hydroxylation is 1. The largest absolute Gasteiger partial charge is 0.497 e. The molecule has 0 fully saturated rings. The molecular formula is C18H18N2O3S. The number of thiazole rings is 1. The molecule has 0 aliphatic carbocycles. The molecule has 0 bridgehead atoms.